The van der Waals surface area contributed by atoms with Crippen LogP contribution in [-0.4, -0.2) is 35.0 Å². The summed E-state index contributed by atoms with van der Waals surface area (Å²) in [6.07, 6.45) is 3.97. The normalized spacial score (nSPS) is 11.8. The second-order valence-corrected chi connectivity index (χ2v) is 3.71. The predicted molar refractivity (Wildman–Crippen MR) is 57.4 cm³/mol. The third-order valence-electron chi connectivity index (χ3n) is 1.57. The fourth-order valence-corrected chi connectivity index (χ4v) is 1.24. The van der Waals surface area contributed by atoms with E-state index in [1.165, 1.54) is 6.08 Å². The molecule has 4 nitrogen and oxygen atoms in total. The second kappa shape index (κ2) is 7.44. The summed E-state index contributed by atoms with van der Waals surface area (Å²) in [6, 6.07) is -0.846. The maximum Gasteiger partial charge on any atom is 0.326 e. The number of carbonyl (C=O) groups excluding carboxylic acids is 1. The van der Waals surface area contributed by atoms with Gasteiger partial charge >= 0.3 is 5.97 Å². The molecule has 0 aromatic rings. The first-order valence-electron chi connectivity index (χ1n) is 4.23. The standard InChI is InChI=1S/C9H15NO3S/c1-3-4-7(9(12)13)10-8(11)5-6-14-2/h3,7H,1,4-6H2,2H3,(H,10,11)(H,12,13). The monoisotopic (exact) mass is 217 g/mol. The summed E-state index contributed by atoms with van der Waals surface area (Å²) in [5.74, 6) is -0.553. The molecule has 14 heavy (non-hydrogen) atoms. The zero-order valence-corrected chi connectivity index (χ0v) is 8.97. The van der Waals surface area contributed by atoms with E-state index in [0.717, 1.165) is 0 Å². The summed E-state index contributed by atoms with van der Waals surface area (Å²) < 4.78 is 0. The largest absolute Gasteiger partial charge is 0.480 e. The molecule has 1 amide bonds. The van der Waals surface area contributed by atoms with E-state index in [1.807, 2.05) is 6.26 Å². The van der Waals surface area contributed by atoms with Gasteiger partial charge in [0.1, 0.15) is 6.04 Å². The van der Waals surface area contributed by atoms with Crippen molar-refractivity contribution in [2.24, 2.45) is 0 Å². The molecule has 2 N–H and O–H groups in total. The van der Waals surface area contributed by atoms with Crippen molar-refractivity contribution in [2.45, 2.75) is 18.9 Å². The first-order chi connectivity index (χ1) is 6.61. The first kappa shape index (κ1) is 13.0. The zero-order valence-electron chi connectivity index (χ0n) is 8.16. The van der Waals surface area contributed by atoms with Gasteiger partial charge in [-0.3, -0.25) is 4.79 Å². The van der Waals surface area contributed by atoms with E-state index in [9.17, 15) is 9.59 Å². The minimum absolute atomic E-state index is 0.228. The Morgan fingerprint density at radius 3 is 2.71 bits per heavy atom. The van der Waals surface area contributed by atoms with E-state index in [4.69, 9.17) is 5.11 Å². The highest BCUT2D eigenvalue weighted by molar-refractivity contribution is 7.98. The smallest absolute Gasteiger partial charge is 0.326 e. The Balaban J connectivity index is 3.95. The van der Waals surface area contributed by atoms with Crippen LogP contribution in [0.25, 0.3) is 0 Å². The van der Waals surface area contributed by atoms with Crippen LogP contribution in [0.2, 0.25) is 0 Å². The van der Waals surface area contributed by atoms with Gasteiger partial charge in [-0.25, -0.2) is 4.79 Å². The molecule has 0 heterocycles. The van der Waals surface area contributed by atoms with Crippen molar-refractivity contribution in [3.8, 4) is 0 Å². The van der Waals surface area contributed by atoms with Crippen molar-refractivity contribution in [1.82, 2.24) is 5.32 Å². The van der Waals surface area contributed by atoms with Gasteiger partial charge in [-0.05, 0) is 12.7 Å². The summed E-state index contributed by atoms with van der Waals surface area (Å²) in [5, 5.41) is 11.1. The molecule has 0 bridgehead atoms. The lowest BCUT2D eigenvalue weighted by Gasteiger charge is -2.11. The fourth-order valence-electron chi connectivity index (χ4n) is 0.849. The average molecular weight is 217 g/mol. The van der Waals surface area contributed by atoms with Crippen molar-refractivity contribution in [1.29, 1.82) is 0 Å². The van der Waals surface area contributed by atoms with Crippen LogP contribution in [0.3, 0.4) is 0 Å². The molecule has 0 aliphatic heterocycles. The molecule has 1 atom stereocenters. The van der Waals surface area contributed by atoms with E-state index in [2.05, 4.69) is 11.9 Å². The van der Waals surface area contributed by atoms with Crippen LogP contribution in [0.1, 0.15) is 12.8 Å². The lowest BCUT2D eigenvalue weighted by atomic mass is 10.2. The van der Waals surface area contributed by atoms with Gasteiger partial charge < -0.3 is 10.4 Å². The SMILES string of the molecule is C=CCC(NC(=O)CCSC)C(=O)O. The fraction of sp³-hybridized carbons (Fsp3) is 0.556. The minimum atomic E-state index is -1.03. The molecule has 0 aliphatic carbocycles. The summed E-state index contributed by atoms with van der Waals surface area (Å²) in [6.45, 7) is 3.43. The lowest BCUT2D eigenvalue weighted by molar-refractivity contribution is -0.141. The second-order valence-electron chi connectivity index (χ2n) is 2.73. The lowest BCUT2D eigenvalue weighted by Crippen LogP contribution is -2.40. The number of carboxylic acid groups (broad SMARTS) is 1. The number of rotatable bonds is 7. The molecular formula is C9H15NO3S. The Morgan fingerprint density at radius 2 is 2.29 bits per heavy atom. The number of hydrogen-bond donors (Lipinski definition) is 2. The Labute approximate surface area is 87.8 Å². The number of aliphatic carboxylic acids is 1. The Kier molecular flexibility index (Phi) is 6.92. The van der Waals surface area contributed by atoms with Crippen molar-refractivity contribution in [3.05, 3.63) is 12.7 Å². The van der Waals surface area contributed by atoms with Crippen LogP contribution >= 0.6 is 11.8 Å². The summed E-state index contributed by atoms with van der Waals surface area (Å²) in [4.78, 5) is 21.8. The number of amides is 1. The molecule has 0 aromatic heterocycles. The number of thioether (sulfide) groups is 1. The van der Waals surface area contributed by atoms with Crippen LogP contribution in [0, 0.1) is 0 Å². The molecule has 80 valence electrons. The molecule has 0 rings (SSSR count). The first-order valence-corrected chi connectivity index (χ1v) is 5.63. The number of carbonyl (C=O) groups is 2. The number of carboxylic acids is 1. The van der Waals surface area contributed by atoms with Crippen molar-refractivity contribution in [2.75, 3.05) is 12.0 Å². The highest BCUT2D eigenvalue weighted by atomic mass is 32.2. The summed E-state index contributed by atoms with van der Waals surface area (Å²) in [7, 11) is 0. The molecule has 0 fully saturated rings. The minimum Gasteiger partial charge on any atom is -0.480 e. The topological polar surface area (TPSA) is 66.4 Å². The molecule has 0 saturated heterocycles. The average Bonchev–Trinajstić information content (AvgIpc) is 2.14. The van der Waals surface area contributed by atoms with E-state index in [0.29, 0.717) is 12.2 Å². The number of nitrogens with one attached hydrogen (secondary N) is 1. The van der Waals surface area contributed by atoms with Crippen LogP contribution in [0.4, 0.5) is 0 Å². The molecule has 0 spiro atoms. The highest BCUT2D eigenvalue weighted by Crippen LogP contribution is 1.98. The molecule has 0 aromatic carbocycles. The quantitative estimate of drug-likeness (QED) is 0.621. The van der Waals surface area contributed by atoms with Crippen LogP contribution in [0.5, 0.6) is 0 Å². The van der Waals surface area contributed by atoms with Gasteiger partial charge in [0.15, 0.2) is 0 Å². The van der Waals surface area contributed by atoms with E-state index < -0.39 is 12.0 Å². The third-order valence-corrected chi connectivity index (χ3v) is 2.18. The van der Waals surface area contributed by atoms with Gasteiger partial charge in [0.05, 0.1) is 0 Å². The summed E-state index contributed by atoms with van der Waals surface area (Å²) >= 11 is 1.55. The van der Waals surface area contributed by atoms with Gasteiger partial charge in [-0.1, -0.05) is 6.08 Å². The van der Waals surface area contributed by atoms with Crippen molar-refractivity contribution < 1.29 is 14.7 Å². The highest BCUT2D eigenvalue weighted by Gasteiger charge is 2.17. The molecular weight excluding hydrogens is 202 g/mol. The van der Waals surface area contributed by atoms with E-state index >= 15 is 0 Å². The van der Waals surface area contributed by atoms with Crippen LogP contribution < -0.4 is 5.32 Å². The maximum absolute atomic E-state index is 11.2. The maximum atomic E-state index is 11.2. The van der Waals surface area contributed by atoms with E-state index in [-0.39, 0.29) is 12.3 Å². The Morgan fingerprint density at radius 1 is 1.64 bits per heavy atom. The van der Waals surface area contributed by atoms with Crippen molar-refractivity contribution >= 4 is 23.6 Å². The predicted octanol–water partition coefficient (Wildman–Crippen LogP) is 0.885. The third kappa shape index (κ3) is 5.64. The molecule has 0 saturated carbocycles. The van der Waals surface area contributed by atoms with Gasteiger partial charge in [0.2, 0.25) is 5.91 Å². The van der Waals surface area contributed by atoms with Gasteiger partial charge in [-0.15, -0.1) is 6.58 Å². The van der Waals surface area contributed by atoms with Gasteiger partial charge in [0, 0.05) is 12.2 Å². The zero-order chi connectivity index (χ0) is 11.0. The van der Waals surface area contributed by atoms with Crippen LogP contribution in [0.15, 0.2) is 12.7 Å². The van der Waals surface area contributed by atoms with Crippen LogP contribution in [-0.2, 0) is 9.59 Å². The van der Waals surface area contributed by atoms with E-state index in [1.54, 1.807) is 11.8 Å². The molecule has 1 unspecified atom stereocenters. The molecule has 5 heteroatoms. The Bertz CT molecular complexity index is 218. The van der Waals surface area contributed by atoms with Gasteiger partial charge in [0.25, 0.3) is 0 Å². The number of hydrogen-bond acceptors (Lipinski definition) is 3. The van der Waals surface area contributed by atoms with Crippen molar-refractivity contribution in [3.63, 3.8) is 0 Å². The Hall–Kier alpha value is -0.970. The summed E-state index contributed by atoms with van der Waals surface area (Å²) in [5.41, 5.74) is 0. The molecule has 0 aliphatic rings. The van der Waals surface area contributed by atoms with Gasteiger partial charge in [-0.2, -0.15) is 11.8 Å². The molecule has 0 radical (unpaired) electrons.